The number of methoxy groups -OCH3 is 2. The summed E-state index contributed by atoms with van der Waals surface area (Å²) < 4.78 is 51.0. The zero-order valence-corrected chi connectivity index (χ0v) is 20.8. The van der Waals surface area contributed by atoms with E-state index in [4.69, 9.17) is 9.47 Å². The molecular formula is C33H23F3O2. The Labute approximate surface area is 217 Å². The van der Waals surface area contributed by atoms with Crippen LogP contribution in [0, 0.1) is 0 Å². The molecule has 0 radical (unpaired) electrons. The van der Waals surface area contributed by atoms with Crippen LogP contribution in [0.3, 0.4) is 0 Å². The number of ether oxygens (including phenoxy) is 2. The van der Waals surface area contributed by atoms with Crippen LogP contribution in [0.4, 0.5) is 13.2 Å². The Hall–Kier alpha value is -4.51. The molecular weight excluding hydrogens is 485 g/mol. The van der Waals surface area contributed by atoms with Crippen molar-refractivity contribution in [3.63, 3.8) is 0 Å². The molecule has 0 aliphatic rings. The molecule has 6 rings (SSSR count). The molecule has 0 aromatic heterocycles. The first-order chi connectivity index (χ1) is 18.4. The Morgan fingerprint density at radius 2 is 0.974 bits per heavy atom. The number of fused-ring (bicyclic) bond motifs is 3. The maximum atomic E-state index is 13.4. The highest BCUT2D eigenvalue weighted by atomic mass is 19.4. The van der Waals surface area contributed by atoms with E-state index >= 15 is 0 Å². The normalized spacial score (nSPS) is 11.8. The number of hydrogen-bond donors (Lipinski definition) is 0. The quantitative estimate of drug-likeness (QED) is 0.221. The van der Waals surface area contributed by atoms with Crippen LogP contribution in [0.5, 0.6) is 11.5 Å². The number of hydrogen-bond acceptors (Lipinski definition) is 2. The van der Waals surface area contributed by atoms with Crippen molar-refractivity contribution < 1.29 is 22.6 Å². The summed E-state index contributed by atoms with van der Waals surface area (Å²) in [6.45, 7) is 0. The molecule has 0 unspecified atom stereocenters. The fraction of sp³-hybridized carbons (Fsp3) is 0.0909. The van der Waals surface area contributed by atoms with Crippen LogP contribution in [0.1, 0.15) is 5.56 Å². The summed E-state index contributed by atoms with van der Waals surface area (Å²) in [6, 6.07) is 31.6. The van der Waals surface area contributed by atoms with E-state index in [1.807, 2.05) is 54.6 Å². The molecule has 5 heteroatoms. The fourth-order valence-electron chi connectivity index (χ4n) is 5.22. The van der Waals surface area contributed by atoms with E-state index in [9.17, 15) is 13.2 Å². The molecule has 2 nitrogen and oxygen atoms in total. The van der Waals surface area contributed by atoms with E-state index in [2.05, 4.69) is 24.3 Å². The fourth-order valence-corrected chi connectivity index (χ4v) is 5.22. The second-order valence-electron chi connectivity index (χ2n) is 9.21. The Bertz CT molecular complexity index is 1800. The van der Waals surface area contributed by atoms with Gasteiger partial charge in [-0.15, -0.1) is 0 Å². The van der Waals surface area contributed by atoms with E-state index in [1.165, 1.54) is 0 Å². The zero-order chi connectivity index (χ0) is 26.4. The van der Waals surface area contributed by atoms with Crippen LogP contribution >= 0.6 is 0 Å². The van der Waals surface area contributed by atoms with Crippen molar-refractivity contribution in [1.29, 1.82) is 0 Å². The standard InChI is InChI=1S/C33H23F3O2/c1-37-25-13-9-21(10-14-25)32-29-18-23-6-4-3-5-22(23)17-28(29)31(27-16-15-26(38-2)19-30(27)32)20-7-11-24(12-8-20)33(34,35)36/h3-19H,1-2H3. The molecule has 0 N–H and O–H groups in total. The molecule has 0 spiro atoms. The molecule has 38 heavy (non-hydrogen) atoms. The highest BCUT2D eigenvalue weighted by Crippen LogP contribution is 2.46. The Morgan fingerprint density at radius 3 is 1.50 bits per heavy atom. The highest BCUT2D eigenvalue weighted by Gasteiger charge is 2.30. The summed E-state index contributed by atoms with van der Waals surface area (Å²) in [7, 11) is 3.26. The predicted octanol–water partition coefficient (Wildman–Crippen LogP) is 9.52. The lowest BCUT2D eigenvalue weighted by atomic mass is 9.84. The molecule has 0 aliphatic carbocycles. The van der Waals surface area contributed by atoms with Gasteiger partial charge in [-0.1, -0.05) is 54.6 Å². The lowest BCUT2D eigenvalue weighted by Crippen LogP contribution is -2.04. The van der Waals surface area contributed by atoms with Gasteiger partial charge in [-0.2, -0.15) is 13.2 Å². The van der Waals surface area contributed by atoms with Gasteiger partial charge in [0.1, 0.15) is 11.5 Å². The van der Waals surface area contributed by atoms with Crippen LogP contribution < -0.4 is 9.47 Å². The summed E-state index contributed by atoms with van der Waals surface area (Å²) >= 11 is 0. The third-order valence-corrected chi connectivity index (χ3v) is 7.07. The van der Waals surface area contributed by atoms with E-state index < -0.39 is 11.7 Å². The average molecular weight is 509 g/mol. The van der Waals surface area contributed by atoms with Crippen molar-refractivity contribution in [2.45, 2.75) is 6.18 Å². The van der Waals surface area contributed by atoms with Crippen molar-refractivity contribution in [3.8, 4) is 33.8 Å². The third-order valence-electron chi connectivity index (χ3n) is 7.07. The third kappa shape index (κ3) is 4.01. The minimum atomic E-state index is -4.40. The van der Waals surface area contributed by atoms with Crippen LogP contribution in [0.2, 0.25) is 0 Å². The van der Waals surface area contributed by atoms with Gasteiger partial charge < -0.3 is 9.47 Å². The zero-order valence-electron chi connectivity index (χ0n) is 20.8. The van der Waals surface area contributed by atoms with Gasteiger partial charge >= 0.3 is 6.18 Å². The van der Waals surface area contributed by atoms with Gasteiger partial charge in [0.15, 0.2) is 0 Å². The summed E-state index contributed by atoms with van der Waals surface area (Å²) in [6.07, 6.45) is -4.40. The van der Waals surface area contributed by atoms with Gasteiger partial charge in [0.25, 0.3) is 0 Å². The minimum Gasteiger partial charge on any atom is -0.497 e. The van der Waals surface area contributed by atoms with Gasteiger partial charge in [0.2, 0.25) is 0 Å². The Kier molecular flexibility index (Phi) is 5.72. The van der Waals surface area contributed by atoms with Crippen LogP contribution in [0.15, 0.2) is 103 Å². The summed E-state index contributed by atoms with van der Waals surface area (Å²) in [5, 5.41) is 5.99. The molecule has 0 saturated carbocycles. The van der Waals surface area contributed by atoms with Gasteiger partial charge in [-0.3, -0.25) is 0 Å². The summed E-state index contributed by atoms with van der Waals surface area (Å²) in [5.74, 6) is 1.46. The van der Waals surface area contributed by atoms with Crippen molar-refractivity contribution in [2.75, 3.05) is 14.2 Å². The Balaban J connectivity index is 1.78. The number of alkyl halides is 3. The minimum absolute atomic E-state index is 0.670. The van der Waals surface area contributed by atoms with E-state index in [-0.39, 0.29) is 0 Å². The number of halogens is 3. The lowest BCUT2D eigenvalue weighted by Gasteiger charge is -2.19. The molecule has 0 aliphatic heterocycles. The predicted molar refractivity (Wildman–Crippen MR) is 148 cm³/mol. The largest absolute Gasteiger partial charge is 0.497 e. The van der Waals surface area contributed by atoms with E-state index in [0.29, 0.717) is 5.75 Å². The molecule has 0 amide bonds. The van der Waals surface area contributed by atoms with Gasteiger partial charge in [-0.05, 0) is 103 Å². The van der Waals surface area contributed by atoms with Crippen LogP contribution in [0.25, 0.3) is 54.6 Å². The Morgan fingerprint density at radius 1 is 0.500 bits per heavy atom. The first-order valence-electron chi connectivity index (χ1n) is 12.2. The SMILES string of the molecule is COc1ccc(-c2c3cc(OC)ccc3c(-c3ccc(C(F)(F)F)cc3)c3cc4ccccc4cc23)cc1. The number of benzene rings is 6. The average Bonchev–Trinajstić information content (AvgIpc) is 2.94. The van der Waals surface area contributed by atoms with Gasteiger partial charge in [0, 0.05) is 0 Å². The molecule has 0 fully saturated rings. The maximum absolute atomic E-state index is 13.4. The van der Waals surface area contributed by atoms with Gasteiger partial charge in [-0.25, -0.2) is 0 Å². The topological polar surface area (TPSA) is 18.5 Å². The smallest absolute Gasteiger partial charge is 0.416 e. The lowest BCUT2D eigenvalue weighted by molar-refractivity contribution is -0.137. The van der Waals surface area contributed by atoms with E-state index in [1.54, 1.807) is 26.4 Å². The summed E-state index contributed by atoms with van der Waals surface area (Å²) in [4.78, 5) is 0. The monoisotopic (exact) mass is 508 g/mol. The second-order valence-corrected chi connectivity index (χ2v) is 9.21. The van der Waals surface area contributed by atoms with Crippen LogP contribution in [-0.4, -0.2) is 14.2 Å². The number of rotatable bonds is 4. The van der Waals surface area contributed by atoms with Crippen molar-refractivity contribution >= 4 is 32.3 Å². The first kappa shape index (κ1) is 23.9. The van der Waals surface area contributed by atoms with E-state index in [0.717, 1.165) is 72.5 Å². The molecule has 0 saturated heterocycles. The molecule has 0 heterocycles. The molecule has 0 bridgehead atoms. The summed E-state index contributed by atoms with van der Waals surface area (Å²) in [5.41, 5.74) is 2.96. The van der Waals surface area contributed by atoms with Crippen LogP contribution in [-0.2, 0) is 6.18 Å². The first-order valence-corrected chi connectivity index (χ1v) is 12.2. The molecule has 6 aromatic rings. The van der Waals surface area contributed by atoms with Crippen molar-refractivity contribution in [3.05, 3.63) is 109 Å². The van der Waals surface area contributed by atoms with Gasteiger partial charge in [0.05, 0.1) is 19.8 Å². The van der Waals surface area contributed by atoms with Crippen molar-refractivity contribution in [1.82, 2.24) is 0 Å². The molecule has 188 valence electrons. The maximum Gasteiger partial charge on any atom is 0.416 e. The highest BCUT2D eigenvalue weighted by molar-refractivity contribution is 6.23. The second kappa shape index (κ2) is 9.10. The molecule has 0 atom stereocenters. The molecule has 6 aromatic carbocycles. The van der Waals surface area contributed by atoms with Crippen molar-refractivity contribution in [2.24, 2.45) is 0 Å².